The largest absolute Gasteiger partial charge is 0.356 e. The molecule has 30 heavy (non-hydrogen) atoms. The second kappa shape index (κ2) is 8.88. The number of H-pyrrole nitrogens is 1. The fourth-order valence-corrected chi connectivity index (χ4v) is 4.19. The first-order valence-corrected chi connectivity index (χ1v) is 10.6. The van der Waals surface area contributed by atoms with E-state index in [1.165, 1.54) is 0 Å². The van der Waals surface area contributed by atoms with E-state index in [1.807, 2.05) is 48.5 Å². The number of carbonyl (C=O) groups excluding carboxylic acids is 2. The summed E-state index contributed by atoms with van der Waals surface area (Å²) in [6.45, 7) is 0.523. The molecule has 1 atom stereocenters. The first kappa shape index (κ1) is 20.4. The van der Waals surface area contributed by atoms with Crippen molar-refractivity contribution in [3.05, 3.63) is 64.9 Å². The van der Waals surface area contributed by atoms with Crippen LogP contribution in [0.25, 0.3) is 11.0 Å². The Morgan fingerprint density at radius 2 is 1.97 bits per heavy atom. The molecule has 6 nitrogen and oxygen atoms in total. The Kier molecular flexibility index (Phi) is 6.04. The van der Waals surface area contributed by atoms with Gasteiger partial charge in [-0.15, -0.1) is 0 Å². The van der Waals surface area contributed by atoms with Crippen molar-refractivity contribution in [1.29, 1.82) is 0 Å². The lowest BCUT2D eigenvalue weighted by Gasteiger charge is -2.29. The predicted molar refractivity (Wildman–Crippen MR) is 117 cm³/mol. The Labute approximate surface area is 180 Å². The fraction of sp³-hybridized carbons (Fsp3) is 0.348. The number of amides is 2. The van der Waals surface area contributed by atoms with Crippen LogP contribution in [0.15, 0.2) is 48.5 Å². The van der Waals surface area contributed by atoms with Crippen LogP contribution in [-0.4, -0.2) is 33.9 Å². The molecular weight excluding hydrogens is 400 g/mol. The molecule has 1 saturated heterocycles. The molecular formula is C23H25ClN4O2. The summed E-state index contributed by atoms with van der Waals surface area (Å²) < 4.78 is 0. The number of hydrogen-bond donors (Lipinski definition) is 3. The molecule has 0 bridgehead atoms. The van der Waals surface area contributed by atoms with E-state index in [0.29, 0.717) is 43.7 Å². The molecule has 4 rings (SSSR count). The van der Waals surface area contributed by atoms with Crippen molar-refractivity contribution >= 4 is 34.4 Å². The second-order valence-corrected chi connectivity index (χ2v) is 8.37. The lowest BCUT2D eigenvalue weighted by Crippen LogP contribution is -2.44. The Morgan fingerprint density at radius 3 is 2.70 bits per heavy atom. The van der Waals surface area contributed by atoms with Crippen LogP contribution in [0.1, 0.15) is 37.1 Å². The SMILES string of the molecule is O=C(CC[C@@]1(Cc2ccc(Cl)cc2)CCC(=O)N1)NCCc1nc2ccccc2[nH]1. The molecule has 1 fully saturated rings. The van der Waals surface area contributed by atoms with Gasteiger partial charge in [0.1, 0.15) is 5.82 Å². The number of para-hydroxylation sites is 2. The lowest BCUT2D eigenvalue weighted by molar-refractivity contribution is -0.122. The molecule has 0 saturated carbocycles. The van der Waals surface area contributed by atoms with Crippen LogP contribution in [0.3, 0.4) is 0 Å². The first-order chi connectivity index (χ1) is 14.5. The van der Waals surface area contributed by atoms with Crippen LogP contribution in [-0.2, 0) is 22.4 Å². The maximum Gasteiger partial charge on any atom is 0.220 e. The van der Waals surface area contributed by atoms with Gasteiger partial charge in [-0.3, -0.25) is 9.59 Å². The van der Waals surface area contributed by atoms with Gasteiger partial charge >= 0.3 is 0 Å². The molecule has 1 aliphatic rings. The average Bonchev–Trinajstić information content (AvgIpc) is 3.31. The van der Waals surface area contributed by atoms with Gasteiger partial charge in [0.2, 0.25) is 11.8 Å². The normalized spacial score (nSPS) is 18.5. The smallest absolute Gasteiger partial charge is 0.220 e. The third-order valence-electron chi connectivity index (χ3n) is 5.64. The number of aromatic nitrogens is 2. The first-order valence-electron chi connectivity index (χ1n) is 10.3. The predicted octanol–water partition coefficient (Wildman–Crippen LogP) is 3.55. The van der Waals surface area contributed by atoms with Crippen molar-refractivity contribution in [1.82, 2.24) is 20.6 Å². The van der Waals surface area contributed by atoms with Crippen molar-refractivity contribution in [2.75, 3.05) is 6.54 Å². The summed E-state index contributed by atoms with van der Waals surface area (Å²) in [7, 11) is 0. The Hall–Kier alpha value is -2.86. The zero-order chi connectivity index (χ0) is 21.0. The topological polar surface area (TPSA) is 86.9 Å². The van der Waals surface area contributed by atoms with Gasteiger partial charge in [0, 0.05) is 36.4 Å². The number of nitrogens with zero attached hydrogens (tertiary/aromatic N) is 1. The van der Waals surface area contributed by atoms with E-state index in [0.717, 1.165) is 28.8 Å². The highest BCUT2D eigenvalue weighted by Gasteiger charge is 2.37. The van der Waals surface area contributed by atoms with Gasteiger partial charge in [-0.1, -0.05) is 35.9 Å². The van der Waals surface area contributed by atoms with Gasteiger partial charge in [-0.05, 0) is 49.1 Å². The molecule has 1 aliphatic heterocycles. The van der Waals surface area contributed by atoms with Crippen LogP contribution in [0, 0.1) is 0 Å². The molecule has 2 heterocycles. The standard InChI is InChI=1S/C23H25ClN4O2/c24-17-7-5-16(6-8-17)15-23(13-10-22(30)28-23)12-9-21(29)25-14-11-20-26-18-3-1-2-4-19(18)27-20/h1-8H,9-15H2,(H,25,29)(H,26,27)(H,28,30)/t23-/m0/s1. The highest BCUT2D eigenvalue weighted by Crippen LogP contribution is 2.30. The molecule has 0 radical (unpaired) electrons. The van der Waals surface area contributed by atoms with E-state index < -0.39 is 0 Å². The molecule has 3 aromatic rings. The summed E-state index contributed by atoms with van der Waals surface area (Å²) in [6, 6.07) is 15.5. The maximum atomic E-state index is 12.4. The zero-order valence-corrected chi connectivity index (χ0v) is 17.5. The third kappa shape index (κ3) is 5.00. The van der Waals surface area contributed by atoms with E-state index in [4.69, 9.17) is 11.6 Å². The van der Waals surface area contributed by atoms with E-state index in [-0.39, 0.29) is 17.4 Å². The molecule has 7 heteroatoms. The van der Waals surface area contributed by atoms with Crippen LogP contribution in [0.4, 0.5) is 0 Å². The number of imidazole rings is 1. The lowest BCUT2D eigenvalue weighted by atomic mass is 9.85. The molecule has 2 amide bonds. The summed E-state index contributed by atoms with van der Waals surface area (Å²) in [4.78, 5) is 32.1. The quantitative estimate of drug-likeness (QED) is 0.516. The summed E-state index contributed by atoms with van der Waals surface area (Å²) in [5.74, 6) is 0.899. The highest BCUT2D eigenvalue weighted by atomic mass is 35.5. The Bertz CT molecular complexity index is 1010. The summed E-state index contributed by atoms with van der Waals surface area (Å²) in [5.41, 5.74) is 2.66. The third-order valence-corrected chi connectivity index (χ3v) is 5.90. The van der Waals surface area contributed by atoms with Crippen molar-refractivity contribution < 1.29 is 9.59 Å². The Morgan fingerprint density at radius 1 is 1.17 bits per heavy atom. The van der Waals surface area contributed by atoms with Gasteiger partial charge in [0.25, 0.3) is 0 Å². The van der Waals surface area contributed by atoms with Gasteiger partial charge in [-0.25, -0.2) is 4.98 Å². The van der Waals surface area contributed by atoms with Crippen LogP contribution < -0.4 is 10.6 Å². The van der Waals surface area contributed by atoms with E-state index >= 15 is 0 Å². The number of nitrogens with one attached hydrogen (secondary N) is 3. The number of rotatable bonds is 8. The Balaban J connectivity index is 1.29. The molecule has 0 aliphatic carbocycles. The molecule has 0 unspecified atom stereocenters. The zero-order valence-electron chi connectivity index (χ0n) is 16.7. The summed E-state index contributed by atoms with van der Waals surface area (Å²) >= 11 is 5.98. The summed E-state index contributed by atoms with van der Waals surface area (Å²) in [6.07, 6.45) is 3.56. The average molecular weight is 425 g/mol. The van der Waals surface area contributed by atoms with Gasteiger partial charge in [0.15, 0.2) is 0 Å². The van der Waals surface area contributed by atoms with Gasteiger partial charge in [-0.2, -0.15) is 0 Å². The summed E-state index contributed by atoms with van der Waals surface area (Å²) in [5, 5.41) is 6.77. The van der Waals surface area contributed by atoms with Crippen molar-refractivity contribution in [3.63, 3.8) is 0 Å². The van der Waals surface area contributed by atoms with Gasteiger partial charge < -0.3 is 15.6 Å². The molecule has 156 valence electrons. The number of halogens is 1. The number of benzene rings is 2. The van der Waals surface area contributed by atoms with Gasteiger partial charge in [0.05, 0.1) is 11.0 Å². The van der Waals surface area contributed by atoms with Crippen LogP contribution in [0.2, 0.25) is 5.02 Å². The number of aromatic amines is 1. The highest BCUT2D eigenvalue weighted by molar-refractivity contribution is 6.30. The molecule has 2 aromatic carbocycles. The fourth-order valence-electron chi connectivity index (χ4n) is 4.06. The number of carbonyl (C=O) groups is 2. The maximum absolute atomic E-state index is 12.4. The van der Waals surface area contributed by atoms with E-state index in [2.05, 4.69) is 20.6 Å². The van der Waals surface area contributed by atoms with E-state index in [1.54, 1.807) is 0 Å². The monoisotopic (exact) mass is 424 g/mol. The van der Waals surface area contributed by atoms with Crippen LogP contribution >= 0.6 is 11.6 Å². The molecule has 0 spiro atoms. The minimum Gasteiger partial charge on any atom is -0.356 e. The number of hydrogen-bond acceptors (Lipinski definition) is 3. The number of fused-ring (bicyclic) bond motifs is 1. The molecule has 1 aromatic heterocycles. The minimum atomic E-state index is -0.374. The van der Waals surface area contributed by atoms with E-state index in [9.17, 15) is 9.59 Å². The van der Waals surface area contributed by atoms with Crippen molar-refractivity contribution in [2.24, 2.45) is 0 Å². The second-order valence-electron chi connectivity index (χ2n) is 7.93. The minimum absolute atomic E-state index is 0.0114. The van der Waals surface area contributed by atoms with Crippen molar-refractivity contribution in [3.8, 4) is 0 Å². The van der Waals surface area contributed by atoms with Crippen LogP contribution in [0.5, 0.6) is 0 Å². The van der Waals surface area contributed by atoms with Crippen molar-refractivity contribution in [2.45, 2.75) is 44.1 Å². The molecule has 3 N–H and O–H groups in total.